The standard InChI is InChI=1S/C14H20N2O/c1-10-4-3-5-11(6-10)9-16(2)14(17)12-7-13(15)8-12/h3-6,12-13H,7-9,15H2,1-2H3. The van der Waals surface area contributed by atoms with Crippen LogP contribution in [0.3, 0.4) is 0 Å². The van der Waals surface area contributed by atoms with E-state index in [1.54, 1.807) is 0 Å². The lowest BCUT2D eigenvalue weighted by molar-refractivity contribution is -0.137. The third kappa shape index (κ3) is 2.86. The Morgan fingerprint density at radius 2 is 2.18 bits per heavy atom. The van der Waals surface area contributed by atoms with Crippen LogP contribution in [0.25, 0.3) is 0 Å². The van der Waals surface area contributed by atoms with Crippen molar-refractivity contribution in [1.82, 2.24) is 4.90 Å². The van der Waals surface area contributed by atoms with Gasteiger partial charge in [-0.15, -0.1) is 0 Å². The van der Waals surface area contributed by atoms with E-state index in [1.165, 1.54) is 11.1 Å². The Labute approximate surface area is 103 Å². The number of nitrogens with two attached hydrogens (primary N) is 1. The van der Waals surface area contributed by atoms with Gasteiger partial charge in [0.1, 0.15) is 0 Å². The molecule has 1 saturated carbocycles. The van der Waals surface area contributed by atoms with Crippen molar-refractivity contribution in [2.75, 3.05) is 7.05 Å². The summed E-state index contributed by atoms with van der Waals surface area (Å²) in [6.45, 7) is 2.75. The van der Waals surface area contributed by atoms with E-state index in [1.807, 2.05) is 18.0 Å². The van der Waals surface area contributed by atoms with Gasteiger partial charge in [-0.05, 0) is 25.3 Å². The largest absolute Gasteiger partial charge is 0.341 e. The number of amides is 1. The van der Waals surface area contributed by atoms with Gasteiger partial charge in [-0.1, -0.05) is 29.8 Å². The number of hydrogen-bond acceptors (Lipinski definition) is 2. The summed E-state index contributed by atoms with van der Waals surface area (Å²) in [5, 5.41) is 0. The van der Waals surface area contributed by atoms with E-state index >= 15 is 0 Å². The van der Waals surface area contributed by atoms with Crippen molar-refractivity contribution in [1.29, 1.82) is 0 Å². The van der Waals surface area contributed by atoms with Crippen molar-refractivity contribution < 1.29 is 4.79 Å². The van der Waals surface area contributed by atoms with Gasteiger partial charge in [0.2, 0.25) is 5.91 Å². The van der Waals surface area contributed by atoms with Crippen molar-refractivity contribution in [3.05, 3.63) is 35.4 Å². The van der Waals surface area contributed by atoms with Crippen LogP contribution in [0.2, 0.25) is 0 Å². The fraction of sp³-hybridized carbons (Fsp3) is 0.500. The molecule has 17 heavy (non-hydrogen) atoms. The highest BCUT2D eigenvalue weighted by molar-refractivity contribution is 5.79. The molecule has 0 aromatic heterocycles. The van der Waals surface area contributed by atoms with Gasteiger partial charge in [0, 0.05) is 25.6 Å². The number of carbonyl (C=O) groups is 1. The highest BCUT2D eigenvalue weighted by Gasteiger charge is 2.33. The van der Waals surface area contributed by atoms with Crippen molar-refractivity contribution in [2.45, 2.75) is 32.4 Å². The van der Waals surface area contributed by atoms with E-state index in [0.717, 1.165) is 12.8 Å². The maximum absolute atomic E-state index is 12.0. The second-order valence-electron chi connectivity index (χ2n) is 5.11. The molecule has 2 rings (SSSR count). The van der Waals surface area contributed by atoms with Crippen LogP contribution in [-0.2, 0) is 11.3 Å². The molecule has 2 N–H and O–H groups in total. The van der Waals surface area contributed by atoms with Gasteiger partial charge < -0.3 is 10.6 Å². The summed E-state index contributed by atoms with van der Waals surface area (Å²) in [6, 6.07) is 8.51. The zero-order valence-electron chi connectivity index (χ0n) is 10.5. The summed E-state index contributed by atoms with van der Waals surface area (Å²) in [5.41, 5.74) is 8.12. The van der Waals surface area contributed by atoms with Crippen LogP contribution in [0.5, 0.6) is 0 Å². The average molecular weight is 232 g/mol. The maximum Gasteiger partial charge on any atom is 0.225 e. The first-order valence-electron chi connectivity index (χ1n) is 6.12. The highest BCUT2D eigenvalue weighted by atomic mass is 16.2. The zero-order chi connectivity index (χ0) is 12.4. The molecule has 1 aromatic carbocycles. The van der Waals surface area contributed by atoms with Gasteiger partial charge in [-0.2, -0.15) is 0 Å². The molecule has 1 aliphatic carbocycles. The number of benzene rings is 1. The molecule has 1 aromatic rings. The van der Waals surface area contributed by atoms with Crippen molar-refractivity contribution >= 4 is 5.91 Å². The van der Waals surface area contributed by atoms with Gasteiger partial charge in [-0.25, -0.2) is 0 Å². The first-order chi connectivity index (χ1) is 8.06. The minimum Gasteiger partial charge on any atom is -0.341 e. The lowest BCUT2D eigenvalue weighted by atomic mass is 9.80. The summed E-state index contributed by atoms with van der Waals surface area (Å²) >= 11 is 0. The Bertz CT molecular complexity index is 410. The first kappa shape index (κ1) is 12.1. The summed E-state index contributed by atoms with van der Waals surface area (Å²) in [4.78, 5) is 13.8. The van der Waals surface area contributed by atoms with Crippen molar-refractivity contribution in [3.8, 4) is 0 Å². The van der Waals surface area contributed by atoms with Gasteiger partial charge in [0.15, 0.2) is 0 Å². The smallest absolute Gasteiger partial charge is 0.225 e. The predicted octanol–water partition coefficient (Wildman–Crippen LogP) is 1.69. The Morgan fingerprint density at radius 1 is 1.47 bits per heavy atom. The molecule has 0 saturated heterocycles. The van der Waals surface area contributed by atoms with Gasteiger partial charge in [0.25, 0.3) is 0 Å². The van der Waals surface area contributed by atoms with Crippen molar-refractivity contribution in [3.63, 3.8) is 0 Å². The van der Waals surface area contributed by atoms with Gasteiger partial charge in [0.05, 0.1) is 0 Å². The molecule has 0 heterocycles. The lowest BCUT2D eigenvalue weighted by Gasteiger charge is -2.34. The molecule has 0 spiro atoms. The lowest BCUT2D eigenvalue weighted by Crippen LogP contribution is -2.45. The molecule has 3 nitrogen and oxygen atoms in total. The number of aryl methyl sites for hydroxylation is 1. The average Bonchev–Trinajstić information content (AvgIpc) is 2.24. The fourth-order valence-electron chi connectivity index (χ4n) is 2.34. The van der Waals surface area contributed by atoms with Gasteiger partial charge in [-0.3, -0.25) is 4.79 Å². The maximum atomic E-state index is 12.0. The summed E-state index contributed by atoms with van der Waals surface area (Å²) in [7, 11) is 1.87. The summed E-state index contributed by atoms with van der Waals surface area (Å²) < 4.78 is 0. The minimum absolute atomic E-state index is 0.153. The van der Waals surface area contributed by atoms with Crippen LogP contribution in [0.1, 0.15) is 24.0 Å². The Morgan fingerprint density at radius 3 is 2.76 bits per heavy atom. The normalized spacial score (nSPS) is 23.0. The van der Waals surface area contributed by atoms with Crippen LogP contribution >= 0.6 is 0 Å². The predicted molar refractivity (Wildman–Crippen MR) is 68.4 cm³/mol. The summed E-state index contributed by atoms with van der Waals surface area (Å²) in [5.74, 6) is 0.382. The number of carbonyl (C=O) groups excluding carboxylic acids is 1. The Kier molecular flexibility index (Phi) is 3.48. The molecule has 1 amide bonds. The Balaban J connectivity index is 1.92. The molecule has 1 fully saturated rings. The first-order valence-corrected chi connectivity index (χ1v) is 6.12. The molecule has 92 valence electrons. The number of hydrogen-bond donors (Lipinski definition) is 1. The van der Waals surface area contributed by atoms with Crippen LogP contribution in [-0.4, -0.2) is 23.9 Å². The number of rotatable bonds is 3. The SMILES string of the molecule is Cc1cccc(CN(C)C(=O)C2CC(N)C2)c1. The molecule has 0 aliphatic heterocycles. The minimum atomic E-state index is 0.153. The fourth-order valence-corrected chi connectivity index (χ4v) is 2.34. The van der Waals surface area contributed by atoms with E-state index in [0.29, 0.717) is 6.54 Å². The molecule has 3 heteroatoms. The second kappa shape index (κ2) is 4.88. The molecule has 0 radical (unpaired) electrons. The monoisotopic (exact) mass is 232 g/mol. The molecular formula is C14H20N2O. The molecule has 0 bridgehead atoms. The number of nitrogens with zero attached hydrogens (tertiary/aromatic N) is 1. The zero-order valence-corrected chi connectivity index (χ0v) is 10.5. The molecular weight excluding hydrogens is 212 g/mol. The van der Waals surface area contributed by atoms with E-state index in [-0.39, 0.29) is 17.9 Å². The quantitative estimate of drug-likeness (QED) is 0.862. The van der Waals surface area contributed by atoms with Crippen molar-refractivity contribution in [2.24, 2.45) is 11.7 Å². The van der Waals surface area contributed by atoms with Crippen LogP contribution in [0.15, 0.2) is 24.3 Å². The highest BCUT2D eigenvalue weighted by Crippen LogP contribution is 2.27. The van der Waals surface area contributed by atoms with Crippen LogP contribution in [0.4, 0.5) is 0 Å². The third-order valence-electron chi connectivity index (χ3n) is 3.40. The second-order valence-corrected chi connectivity index (χ2v) is 5.11. The molecule has 1 aliphatic rings. The van der Waals surface area contributed by atoms with E-state index < -0.39 is 0 Å². The topological polar surface area (TPSA) is 46.3 Å². The van der Waals surface area contributed by atoms with Crippen LogP contribution < -0.4 is 5.73 Å². The Hall–Kier alpha value is -1.35. The van der Waals surface area contributed by atoms with E-state index in [2.05, 4.69) is 25.1 Å². The molecule has 0 atom stereocenters. The van der Waals surface area contributed by atoms with Gasteiger partial charge >= 0.3 is 0 Å². The van der Waals surface area contributed by atoms with E-state index in [9.17, 15) is 4.79 Å². The third-order valence-corrected chi connectivity index (χ3v) is 3.40. The van der Waals surface area contributed by atoms with Crippen LogP contribution in [0, 0.1) is 12.8 Å². The molecule has 0 unspecified atom stereocenters. The summed E-state index contributed by atoms with van der Waals surface area (Å²) in [6.07, 6.45) is 1.69. The van der Waals surface area contributed by atoms with E-state index in [4.69, 9.17) is 5.73 Å².